The first-order chi connectivity index (χ1) is 10.3. The Hall–Kier alpha value is -1.30. The standard InChI is InChI=1S/C16H25ClN2O3/c1-16(2,3)22-15(21)18-7-8-19(9-10-20)12-13-5-4-6-14(17)11-13/h4-6,11,20H,7-10,12H2,1-3H3,(H,18,21). The second-order valence-corrected chi connectivity index (χ2v) is 6.49. The van der Waals surface area contributed by atoms with Gasteiger partial charge in [-0.25, -0.2) is 4.79 Å². The van der Waals surface area contributed by atoms with Gasteiger partial charge < -0.3 is 15.2 Å². The molecule has 0 radical (unpaired) electrons. The zero-order valence-electron chi connectivity index (χ0n) is 13.4. The van der Waals surface area contributed by atoms with Crippen molar-refractivity contribution >= 4 is 17.7 Å². The van der Waals surface area contributed by atoms with Gasteiger partial charge in [0, 0.05) is 31.2 Å². The van der Waals surface area contributed by atoms with Crippen LogP contribution in [0.25, 0.3) is 0 Å². The number of benzene rings is 1. The molecule has 0 bridgehead atoms. The molecule has 0 spiro atoms. The Morgan fingerprint density at radius 1 is 1.36 bits per heavy atom. The van der Waals surface area contributed by atoms with Gasteiger partial charge in [-0.3, -0.25) is 4.90 Å². The lowest BCUT2D eigenvalue weighted by Gasteiger charge is -2.23. The quantitative estimate of drug-likeness (QED) is 0.807. The van der Waals surface area contributed by atoms with E-state index in [9.17, 15) is 4.79 Å². The summed E-state index contributed by atoms with van der Waals surface area (Å²) in [6.45, 7) is 7.80. The van der Waals surface area contributed by atoms with E-state index in [0.717, 1.165) is 5.56 Å². The highest BCUT2D eigenvalue weighted by Crippen LogP contribution is 2.12. The fraction of sp³-hybridized carbons (Fsp3) is 0.562. The Bertz CT molecular complexity index is 475. The van der Waals surface area contributed by atoms with Crippen LogP contribution in [-0.2, 0) is 11.3 Å². The number of aliphatic hydroxyl groups is 1. The topological polar surface area (TPSA) is 61.8 Å². The van der Waals surface area contributed by atoms with Crippen LogP contribution in [0.15, 0.2) is 24.3 Å². The molecule has 0 unspecified atom stereocenters. The molecule has 0 heterocycles. The van der Waals surface area contributed by atoms with Crippen LogP contribution in [0.5, 0.6) is 0 Å². The summed E-state index contributed by atoms with van der Waals surface area (Å²) in [4.78, 5) is 13.6. The first kappa shape index (κ1) is 18.7. The average Bonchev–Trinajstić information content (AvgIpc) is 2.36. The number of amides is 1. The second-order valence-electron chi connectivity index (χ2n) is 6.06. The van der Waals surface area contributed by atoms with Crippen LogP contribution in [-0.4, -0.2) is 47.9 Å². The lowest BCUT2D eigenvalue weighted by atomic mass is 10.2. The summed E-state index contributed by atoms with van der Waals surface area (Å²) in [6, 6.07) is 7.60. The van der Waals surface area contributed by atoms with E-state index in [-0.39, 0.29) is 6.61 Å². The third kappa shape index (κ3) is 8.22. The van der Waals surface area contributed by atoms with Crippen LogP contribution in [0.1, 0.15) is 26.3 Å². The van der Waals surface area contributed by atoms with Gasteiger partial charge in [0.1, 0.15) is 5.60 Å². The molecule has 0 atom stereocenters. The Balaban J connectivity index is 2.43. The van der Waals surface area contributed by atoms with Gasteiger partial charge in [0.25, 0.3) is 0 Å². The molecule has 6 heteroatoms. The largest absolute Gasteiger partial charge is 0.444 e. The molecule has 22 heavy (non-hydrogen) atoms. The number of nitrogens with one attached hydrogen (secondary N) is 1. The van der Waals surface area contributed by atoms with E-state index in [4.69, 9.17) is 21.4 Å². The zero-order valence-corrected chi connectivity index (χ0v) is 14.2. The number of carbonyl (C=O) groups is 1. The number of carbonyl (C=O) groups excluding carboxylic acids is 1. The van der Waals surface area contributed by atoms with Crippen LogP contribution < -0.4 is 5.32 Å². The summed E-state index contributed by atoms with van der Waals surface area (Å²) in [5.41, 5.74) is 0.563. The summed E-state index contributed by atoms with van der Waals surface area (Å²) < 4.78 is 5.18. The van der Waals surface area contributed by atoms with Crippen molar-refractivity contribution in [3.63, 3.8) is 0 Å². The number of halogens is 1. The maximum Gasteiger partial charge on any atom is 0.407 e. The van der Waals surface area contributed by atoms with Crippen molar-refractivity contribution < 1.29 is 14.6 Å². The first-order valence-corrected chi connectivity index (χ1v) is 7.72. The molecular weight excluding hydrogens is 304 g/mol. The summed E-state index contributed by atoms with van der Waals surface area (Å²) in [5.74, 6) is 0. The molecule has 1 aromatic rings. The molecule has 124 valence electrons. The Labute approximate surface area is 137 Å². The first-order valence-electron chi connectivity index (χ1n) is 7.34. The van der Waals surface area contributed by atoms with Crippen LogP contribution in [0.2, 0.25) is 5.02 Å². The van der Waals surface area contributed by atoms with E-state index in [2.05, 4.69) is 5.32 Å². The van der Waals surface area contributed by atoms with Gasteiger partial charge in [0.15, 0.2) is 0 Å². The van der Waals surface area contributed by atoms with Crippen molar-refractivity contribution in [1.82, 2.24) is 10.2 Å². The molecule has 0 saturated carbocycles. The van der Waals surface area contributed by atoms with E-state index >= 15 is 0 Å². The number of aliphatic hydroxyl groups excluding tert-OH is 1. The predicted molar refractivity (Wildman–Crippen MR) is 88.1 cm³/mol. The number of rotatable bonds is 7. The molecule has 0 aliphatic carbocycles. The summed E-state index contributed by atoms with van der Waals surface area (Å²) >= 11 is 5.97. The van der Waals surface area contributed by atoms with Crippen molar-refractivity contribution in [2.24, 2.45) is 0 Å². The van der Waals surface area contributed by atoms with E-state index in [1.165, 1.54) is 0 Å². The predicted octanol–water partition coefficient (Wildman–Crippen LogP) is 2.66. The van der Waals surface area contributed by atoms with E-state index in [1.807, 2.05) is 49.9 Å². The molecule has 5 nitrogen and oxygen atoms in total. The maximum atomic E-state index is 11.6. The fourth-order valence-electron chi connectivity index (χ4n) is 1.94. The number of alkyl carbamates (subject to hydrolysis) is 1. The molecular formula is C16H25ClN2O3. The van der Waals surface area contributed by atoms with Crippen molar-refractivity contribution in [1.29, 1.82) is 0 Å². The number of hydrogen-bond donors (Lipinski definition) is 2. The van der Waals surface area contributed by atoms with Gasteiger partial charge in [0.2, 0.25) is 0 Å². The Kier molecular flexibility index (Phi) is 7.65. The number of nitrogens with zero attached hydrogens (tertiary/aromatic N) is 1. The third-order valence-electron chi connectivity index (χ3n) is 2.81. The van der Waals surface area contributed by atoms with Crippen LogP contribution in [0, 0.1) is 0 Å². The van der Waals surface area contributed by atoms with Gasteiger partial charge in [-0.15, -0.1) is 0 Å². The molecule has 0 aliphatic heterocycles. The molecule has 1 aromatic carbocycles. The molecule has 0 aromatic heterocycles. The van der Waals surface area contributed by atoms with E-state index < -0.39 is 11.7 Å². The molecule has 1 rings (SSSR count). The lowest BCUT2D eigenvalue weighted by Crippen LogP contribution is -2.38. The van der Waals surface area contributed by atoms with Gasteiger partial charge in [-0.2, -0.15) is 0 Å². The van der Waals surface area contributed by atoms with Crippen molar-refractivity contribution in [2.45, 2.75) is 32.9 Å². The summed E-state index contributed by atoms with van der Waals surface area (Å²) in [7, 11) is 0. The highest BCUT2D eigenvalue weighted by Gasteiger charge is 2.16. The molecule has 2 N–H and O–H groups in total. The third-order valence-corrected chi connectivity index (χ3v) is 3.04. The van der Waals surface area contributed by atoms with E-state index in [0.29, 0.717) is 31.2 Å². The zero-order chi connectivity index (χ0) is 16.6. The van der Waals surface area contributed by atoms with Gasteiger partial charge in [-0.1, -0.05) is 23.7 Å². The van der Waals surface area contributed by atoms with Crippen molar-refractivity contribution in [2.75, 3.05) is 26.2 Å². The molecule has 0 saturated heterocycles. The summed E-state index contributed by atoms with van der Waals surface area (Å²) in [5, 5.41) is 12.6. The smallest absolute Gasteiger partial charge is 0.407 e. The molecule has 0 aliphatic rings. The highest BCUT2D eigenvalue weighted by atomic mass is 35.5. The van der Waals surface area contributed by atoms with Crippen LogP contribution in [0.3, 0.4) is 0 Å². The highest BCUT2D eigenvalue weighted by molar-refractivity contribution is 6.30. The van der Waals surface area contributed by atoms with E-state index in [1.54, 1.807) is 0 Å². The summed E-state index contributed by atoms with van der Waals surface area (Å²) in [6.07, 6.45) is -0.431. The minimum Gasteiger partial charge on any atom is -0.444 e. The van der Waals surface area contributed by atoms with Gasteiger partial charge >= 0.3 is 6.09 Å². The SMILES string of the molecule is CC(C)(C)OC(=O)NCCN(CCO)Cc1cccc(Cl)c1. The Morgan fingerprint density at radius 3 is 2.68 bits per heavy atom. The monoisotopic (exact) mass is 328 g/mol. The number of hydrogen-bond acceptors (Lipinski definition) is 4. The fourth-order valence-corrected chi connectivity index (χ4v) is 2.15. The van der Waals surface area contributed by atoms with Gasteiger partial charge in [0.05, 0.1) is 6.61 Å². The van der Waals surface area contributed by atoms with Crippen LogP contribution >= 0.6 is 11.6 Å². The minimum absolute atomic E-state index is 0.0625. The molecule has 1 amide bonds. The second kappa shape index (κ2) is 8.98. The van der Waals surface area contributed by atoms with Crippen LogP contribution in [0.4, 0.5) is 4.79 Å². The normalized spacial score (nSPS) is 11.5. The molecule has 0 fully saturated rings. The van der Waals surface area contributed by atoms with Crippen molar-refractivity contribution in [3.05, 3.63) is 34.9 Å². The number of ether oxygens (including phenoxy) is 1. The Morgan fingerprint density at radius 2 is 2.09 bits per heavy atom. The minimum atomic E-state index is -0.504. The van der Waals surface area contributed by atoms with Gasteiger partial charge in [-0.05, 0) is 38.5 Å². The lowest BCUT2D eigenvalue weighted by molar-refractivity contribution is 0.0520. The van der Waals surface area contributed by atoms with Crippen molar-refractivity contribution in [3.8, 4) is 0 Å². The average molecular weight is 329 g/mol. The maximum absolute atomic E-state index is 11.6.